The van der Waals surface area contributed by atoms with Crippen LogP contribution in [0, 0.1) is 0 Å². The number of hydrogen-bond acceptors (Lipinski definition) is 3. The minimum atomic E-state index is 0.426. The lowest BCUT2D eigenvalue weighted by atomic mass is 10.1. The quantitative estimate of drug-likeness (QED) is 0.805. The molecular weight excluding hydrogens is 250 g/mol. The van der Waals surface area contributed by atoms with Gasteiger partial charge in [0.25, 0.3) is 0 Å². The van der Waals surface area contributed by atoms with Crippen LogP contribution in [-0.2, 0) is 17.9 Å². The van der Waals surface area contributed by atoms with Gasteiger partial charge in [0.15, 0.2) is 0 Å². The van der Waals surface area contributed by atoms with Gasteiger partial charge in [-0.05, 0) is 37.6 Å². The van der Waals surface area contributed by atoms with Crippen molar-refractivity contribution >= 4 is 0 Å². The molecule has 0 unspecified atom stereocenters. The van der Waals surface area contributed by atoms with Gasteiger partial charge in [0.2, 0.25) is 0 Å². The number of benzene rings is 1. The lowest BCUT2D eigenvalue weighted by Crippen LogP contribution is -2.12. The van der Waals surface area contributed by atoms with E-state index in [0.29, 0.717) is 12.7 Å². The number of rotatable bonds is 6. The first-order valence-electron chi connectivity index (χ1n) is 7.75. The molecule has 1 fully saturated rings. The van der Waals surface area contributed by atoms with Gasteiger partial charge >= 0.3 is 0 Å². The number of methoxy groups -OCH3 is 1. The van der Waals surface area contributed by atoms with Gasteiger partial charge in [-0.1, -0.05) is 31.7 Å². The molecule has 0 radical (unpaired) electrons. The zero-order valence-electron chi connectivity index (χ0n) is 12.8. The van der Waals surface area contributed by atoms with Crippen LogP contribution in [0.5, 0.6) is 5.75 Å². The van der Waals surface area contributed by atoms with Crippen molar-refractivity contribution in [3.63, 3.8) is 0 Å². The van der Waals surface area contributed by atoms with Crippen molar-refractivity contribution in [1.82, 2.24) is 5.32 Å². The van der Waals surface area contributed by atoms with Gasteiger partial charge in [0.05, 0.1) is 19.8 Å². The van der Waals surface area contributed by atoms with Crippen molar-refractivity contribution in [1.29, 1.82) is 0 Å². The average molecular weight is 277 g/mol. The standard InChI is InChI=1S/C17H27NO2/c1-18-12-14-9-10-17(19-2)15(11-14)13-20-16-7-5-3-4-6-8-16/h9-11,16,18H,3-8,12-13H2,1-2H3. The largest absolute Gasteiger partial charge is 0.496 e. The Labute approximate surface area is 122 Å². The molecular formula is C17H27NO2. The van der Waals surface area contributed by atoms with Gasteiger partial charge in [-0.2, -0.15) is 0 Å². The van der Waals surface area contributed by atoms with E-state index in [2.05, 4.69) is 17.4 Å². The summed E-state index contributed by atoms with van der Waals surface area (Å²) in [4.78, 5) is 0. The Kier molecular flexibility index (Phi) is 6.34. The van der Waals surface area contributed by atoms with Crippen molar-refractivity contribution in [2.24, 2.45) is 0 Å². The van der Waals surface area contributed by atoms with Crippen LogP contribution in [0.15, 0.2) is 18.2 Å². The van der Waals surface area contributed by atoms with E-state index < -0.39 is 0 Å². The van der Waals surface area contributed by atoms with E-state index in [4.69, 9.17) is 9.47 Å². The predicted octanol–water partition coefficient (Wildman–Crippen LogP) is 3.65. The minimum absolute atomic E-state index is 0.426. The molecule has 0 heterocycles. The van der Waals surface area contributed by atoms with E-state index in [-0.39, 0.29) is 0 Å². The highest BCUT2D eigenvalue weighted by atomic mass is 16.5. The first-order chi connectivity index (χ1) is 9.83. The Morgan fingerprint density at radius 1 is 1.15 bits per heavy atom. The molecule has 0 aromatic heterocycles. The van der Waals surface area contributed by atoms with Gasteiger partial charge < -0.3 is 14.8 Å². The first kappa shape index (κ1) is 15.3. The van der Waals surface area contributed by atoms with Gasteiger partial charge in [0.1, 0.15) is 5.75 Å². The highest BCUT2D eigenvalue weighted by molar-refractivity contribution is 5.36. The molecule has 20 heavy (non-hydrogen) atoms. The molecule has 112 valence electrons. The SMILES string of the molecule is CNCc1ccc(OC)c(COC2CCCCCC2)c1. The second kappa shape index (κ2) is 8.28. The average Bonchev–Trinajstić information content (AvgIpc) is 2.74. The number of ether oxygens (including phenoxy) is 2. The molecule has 3 heteroatoms. The maximum Gasteiger partial charge on any atom is 0.124 e. The van der Waals surface area contributed by atoms with Crippen LogP contribution in [-0.4, -0.2) is 20.3 Å². The van der Waals surface area contributed by atoms with Crippen LogP contribution in [0.1, 0.15) is 49.7 Å². The smallest absolute Gasteiger partial charge is 0.124 e. The van der Waals surface area contributed by atoms with Gasteiger partial charge in [-0.3, -0.25) is 0 Å². The maximum atomic E-state index is 6.12. The van der Waals surface area contributed by atoms with Crippen LogP contribution >= 0.6 is 0 Å². The summed E-state index contributed by atoms with van der Waals surface area (Å²) in [6.45, 7) is 1.53. The van der Waals surface area contributed by atoms with Crippen molar-refractivity contribution in [3.05, 3.63) is 29.3 Å². The van der Waals surface area contributed by atoms with Gasteiger partial charge in [0, 0.05) is 12.1 Å². The molecule has 1 aliphatic carbocycles. The molecule has 0 spiro atoms. The summed E-state index contributed by atoms with van der Waals surface area (Å²) < 4.78 is 11.6. The van der Waals surface area contributed by atoms with Crippen molar-refractivity contribution in [2.75, 3.05) is 14.2 Å². The maximum absolute atomic E-state index is 6.12. The Morgan fingerprint density at radius 2 is 1.90 bits per heavy atom. The normalized spacial score (nSPS) is 16.9. The van der Waals surface area contributed by atoms with Gasteiger partial charge in [-0.25, -0.2) is 0 Å². The summed E-state index contributed by atoms with van der Waals surface area (Å²) >= 11 is 0. The van der Waals surface area contributed by atoms with E-state index in [1.54, 1.807) is 7.11 Å². The molecule has 1 saturated carbocycles. The van der Waals surface area contributed by atoms with Crippen LogP contribution in [0.3, 0.4) is 0 Å². The highest BCUT2D eigenvalue weighted by Crippen LogP contribution is 2.24. The van der Waals surface area contributed by atoms with Crippen molar-refractivity contribution in [2.45, 2.75) is 57.8 Å². The first-order valence-corrected chi connectivity index (χ1v) is 7.75. The second-order valence-electron chi connectivity index (χ2n) is 5.60. The molecule has 0 atom stereocenters. The lowest BCUT2D eigenvalue weighted by Gasteiger charge is -2.17. The third kappa shape index (κ3) is 4.50. The summed E-state index contributed by atoms with van der Waals surface area (Å²) in [5.41, 5.74) is 2.43. The third-order valence-electron chi connectivity index (χ3n) is 4.00. The van der Waals surface area contributed by atoms with Crippen LogP contribution in [0.2, 0.25) is 0 Å². The summed E-state index contributed by atoms with van der Waals surface area (Å²) in [6.07, 6.45) is 8.18. The molecule has 0 saturated heterocycles. The van der Waals surface area contributed by atoms with Crippen LogP contribution < -0.4 is 10.1 Å². The molecule has 2 rings (SSSR count). The predicted molar refractivity (Wildman–Crippen MR) is 82.0 cm³/mol. The van der Waals surface area contributed by atoms with Gasteiger partial charge in [-0.15, -0.1) is 0 Å². The Hall–Kier alpha value is -1.06. The Morgan fingerprint density at radius 3 is 2.55 bits per heavy atom. The number of hydrogen-bond donors (Lipinski definition) is 1. The third-order valence-corrected chi connectivity index (χ3v) is 4.00. The fraction of sp³-hybridized carbons (Fsp3) is 0.647. The van der Waals surface area contributed by atoms with Crippen LogP contribution in [0.25, 0.3) is 0 Å². The van der Waals surface area contributed by atoms with E-state index in [1.807, 2.05) is 13.1 Å². The fourth-order valence-electron chi connectivity index (χ4n) is 2.88. The van der Waals surface area contributed by atoms with E-state index in [9.17, 15) is 0 Å². The molecule has 1 N–H and O–H groups in total. The topological polar surface area (TPSA) is 30.5 Å². The van der Waals surface area contributed by atoms with Crippen molar-refractivity contribution in [3.8, 4) is 5.75 Å². The lowest BCUT2D eigenvalue weighted by molar-refractivity contribution is 0.0300. The fourth-order valence-corrected chi connectivity index (χ4v) is 2.88. The molecule has 0 aliphatic heterocycles. The minimum Gasteiger partial charge on any atom is -0.496 e. The molecule has 0 bridgehead atoms. The second-order valence-corrected chi connectivity index (χ2v) is 5.60. The molecule has 0 amide bonds. The molecule has 1 aromatic carbocycles. The highest BCUT2D eigenvalue weighted by Gasteiger charge is 2.14. The molecule has 1 aromatic rings. The summed E-state index contributed by atoms with van der Waals surface area (Å²) in [5.74, 6) is 0.929. The van der Waals surface area contributed by atoms with E-state index in [0.717, 1.165) is 17.9 Å². The van der Waals surface area contributed by atoms with Crippen LogP contribution in [0.4, 0.5) is 0 Å². The summed E-state index contributed by atoms with van der Waals surface area (Å²) in [7, 11) is 3.69. The van der Waals surface area contributed by atoms with E-state index in [1.165, 1.54) is 44.1 Å². The zero-order chi connectivity index (χ0) is 14.2. The summed E-state index contributed by atoms with van der Waals surface area (Å²) in [5, 5.41) is 3.18. The molecule has 1 aliphatic rings. The van der Waals surface area contributed by atoms with Crippen molar-refractivity contribution < 1.29 is 9.47 Å². The Bertz CT molecular complexity index is 398. The Balaban J connectivity index is 1.97. The van der Waals surface area contributed by atoms with E-state index >= 15 is 0 Å². The molecule has 3 nitrogen and oxygen atoms in total. The zero-order valence-corrected chi connectivity index (χ0v) is 12.8. The number of nitrogens with one attached hydrogen (secondary N) is 1. The summed E-state index contributed by atoms with van der Waals surface area (Å²) in [6, 6.07) is 6.33. The monoisotopic (exact) mass is 277 g/mol.